The molecule has 0 unspecified atom stereocenters. The van der Waals surface area contributed by atoms with Gasteiger partial charge in [-0.05, 0) is 32.6 Å². The van der Waals surface area contributed by atoms with Crippen molar-refractivity contribution in [2.45, 2.75) is 56.6 Å². The zero-order valence-corrected chi connectivity index (χ0v) is 17.6. The number of hydrogen-bond donors (Lipinski definition) is 1. The van der Waals surface area contributed by atoms with Gasteiger partial charge in [0.05, 0.1) is 12.9 Å². The molecule has 1 aromatic heterocycles. The van der Waals surface area contributed by atoms with Crippen LogP contribution in [0.2, 0.25) is 0 Å². The van der Waals surface area contributed by atoms with E-state index in [-0.39, 0.29) is 29.6 Å². The van der Waals surface area contributed by atoms with Crippen LogP contribution in [0, 0.1) is 0 Å². The number of likely N-dealkylation sites (tertiary alicyclic amines) is 1. The minimum absolute atomic E-state index is 0.000606. The average Bonchev–Trinajstić information content (AvgIpc) is 3.18. The summed E-state index contributed by atoms with van der Waals surface area (Å²) in [6, 6.07) is -0.0201. The summed E-state index contributed by atoms with van der Waals surface area (Å²) in [7, 11) is -3.60. The van der Waals surface area contributed by atoms with Crippen molar-refractivity contribution in [3.63, 3.8) is 0 Å². The van der Waals surface area contributed by atoms with Crippen molar-refractivity contribution in [2.24, 2.45) is 0 Å². The number of rotatable bonds is 6. The van der Waals surface area contributed by atoms with Crippen molar-refractivity contribution < 1.29 is 22.7 Å². The molecule has 0 saturated carbocycles. The predicted octanol–water partition coefficient (Wildman–Crippen LogP) is 0.795. The molecule has 10 nitrogen and oxygen atoms in total. The number of carbonyl (C=O) groups excluding carboxylic acids is 2. The van der Waals surface area contributed by atoms with E-state index in [1.807, 2.05) is 0 Å². The van der Waals surface area contributed by atoms with Gasteiger partial charge in [-0.3, -0.25) is 4.79 Å². The first-order valence-corrected chi connectivity index (χ1v) is 11.6. The highest BCUT2D eigenvalue weighted by molar-refractivity contribution is 7.89. The highest BCUT2D eigenvalue weighted by atomic mass is 32.2. The van der Waals surface area contributed by atoms with E-state index in [2.05, 4.69) is 10.3 Å². The lowest BCUT2D eigenvalue weighted by atomic mass is 10.1. The third-order valence-corrected chi connectivity index (χ3v) is 7.03. The fourth-order valence-corrected chi connectivity index (χ4v) is 5.11. The van der Waals surface area contributed by atoms with Crippen LogP contribution < -0.4 is 5.32 Å². The van der Waals surface area contributed by atoms with E-state index in [1.54, 1.807) is 11.8 Å². The summed E-state index contributed by atoms with van der Waals surface area (Å²) in [5.41, 5.74) is 0. The lowest BCUT2D eigenvalue weighted by molar-refractivity contribution is -0.122. The Labute approximate surface area is 171 Å². The van der Waals surface area contributed by atoms with Gasteiger partial charge in [-0.15, -0.1) is 0 Å². The first-order valence-electron chi connectivity index (χ1n) is 10.1. The molecule has 0 radical (unpaired) electrons. The lowest BCUT2D eigenvalue weighted by Crippen LogP contribution is -2.47. The third-order valence-electron chi connectivity index (χ3n) is 5.24. The second-order valence-electron chi connectivity index (χ2n) is 7.38. The Morgan fingerprint density at radius 2 is 1.86 bits per heavy atom. The van der Waals surface area contributed by atoms with Gasteiger partial charge in [0.15, 0.2) is 5.03 Å². The Kier molecular flexibility index (Phi) is 7.12. The van der Waals surface area contributed by atoms with Crippen molar-refractivity contribution in [3.8, 4) is 0 Å². The summed E-state index contributed by atoms with van der Waals surface area (Å²) in [5, 5.41) is 2.93. The molecule has 2 aliphatic heterocycles. The SMILES string of the molecule is CCOC(=O)N1CCC(NC(=O)Cn2cnc(S(=O)(=O)N3CCCCC3)c2)CC1. The van der Waals surface area contributed by atoms with E-state index < -0.39 is 10.0 Å². The van der Waals surface area contributed by atoms with Gasteiger partial charge in [-0.25, -0.2) is 18.2 Å². The lowest BCUT2D eigenvalue weighted by Gasteiger charge is -2.31. The summed E-state index contributed by atoms with van der Waals surface area (Å²) in [6.07, 6.45) is 6.53. The normalized spacial score (nSPS) is 19.1. The molecule has 11 heteroatoms. The van der Waals surface area contributed by atoms with Gasteiger partial charge in [0.1, 0.15) is 6.54 Å². The molecule has 0 bridgehead atoms. The summed E-state index contributed by atoms with van der Waals surface area (Å²) in [6.45, 7) is 4.21. The van der Waals surface area contributed by atoms with Crippen LogP contribution in [0.15, 0.2) is 17.6 Å². The number of carbonyl (C=O) groups is 2. The van der Waals surface area contributed by atoms with E-state index in [4.69, 9.17) is 4.74 Å². The van der Waals surface area contributed by atoms with Crippen molar-refractivity contribution in [1.82, 2.24) is 24.1 Å². The molecule has 0 aromatic carbocycles. The number of aromatic nitrogens is 2. The van der Waals surface area contributed by atoms with Gasteiger partial charge in [0.2, 0.25) is 5.91 Å². The second-order valence-corrected chi connectivity index (χ2v) is 9.26. The first kappa shape index (κ1) is 21.6. The molecule has 29 heavy (non-hydrogen) atoms. The Hall–Kier alpha value is -2.14. The van der Waals surface area contributed by atoms with Crippen LogP contribution in [-0.2, 0) is 26.1 Å². The minimum atomic E-state index is -3.60. The number of amides is 2. The average molecular weight is 428 g/mol. The number of sulfonamides is 1. The maximum absolute atomic E-state index is 12.6. The molecular weight excluding hydrogens is 398 g/mol. The van der Waals surface area contributed by atoms with Gasteiger partial charge < -0.3 is 19.5 Å². The number of piperidine rings is 2. The zero-order valence-electron chi connectivity index (χ0n) is 16.7. The largest absolute Gasteiger partial charge is 0.450 e. The summed E-state index contributed by atoms with van der Waals surface area (Å²) >= 11 is 0. The molecule has 2 amide bonds. The Morgan fingerprint density at radius 1 is 1.17 bits per heavy atom. The van der Waals surface area contributed by atoms with E-state index in [0.29, 0.717) is 45.6 Å². The Bertz CT molecular complexity index is 810. The summed E-state index contributed by atoms with van der Waals surface area (Å²) < 4.78 is 33.2. The fourth-order valence-electron chi connectivity index (χ4n) is 3.66. The summed E-state index contributed by atoms with van der Waals surface area (Å²) in [5.74, 6) is -0.209. The van der Waals surface area contributed by atoms with E-state index in [1.165, 1.54) is 21.4 Å². The van der Waals surface area contributed by atoms with Crippen LogP contribution >= 0.6 is 0 Å². The number of nitrogens with zero attached hydrogens (tertiary/aromatic N) is 4. The van der Waals surface area contributed by atoms with Gasteiger partial charge in [-0.1, -0.05) is 6.42 Å². The minimum Gasteiger partial charge on any atom is -0.450 e. The van der Waals surface area contributed by atoms with Crippen LogP contribution in [-0.4, -0.2) is 78.0 Å². The molecule has 3 rings (SSSR count). The molecule has 0 spiro atoms. The Balaban J connectivity index is 1.49. The number of ether oxygens (including phenoxy) is 1. The summed E-state index contributed by atoms with van der Waals surface area (Å²) in [4.78, 5) is 29.7. The number of imidazole rings is 1. The first-order chi connectivity index (χ1) is 13.9. The van der Waals surface area contributed by atoms with E-state index >= 15 is 0 Å². The van der Waals surface area contributed by atoms with E-state index in [9.17, 15) is 18.0 Å². The van der Waals surface area contributed by atoms with Crippen LogP contribution in [0.3, 0.4) is 0 Å². The predicted molar refractivity (Wildman–Crippen MR) is 105 cm³/mol. The van der Waals surface area contributed by atoms with E-state index in [0.717, 1.165) is 19.3 Å². The van der Waals surface area contributed by atoms with Crippen LogP contribution in [0.4, 0.5) is 4.79 Å². The zero-order chi connectivity index (χ0) is 20.9. The monoisotopic (exact) mass is 427 g/mol. The van der Waals surface area contributed by atoms with Gasteiger partial charge in [-0.2, -0.15) is 4.31 Å². The highest BCUT2D eigenvalue weighted by Crippen LogP contribution is 2.19. The van der Waals surface area contributed by atoms with Crippen molar-refractivity contribution >= 4 is 22.0 Å². The van der Waals surface area contributed by atoms with Gasteiger partial charge in [0, 0.05) is 38.4 Å². The molecule has 0 atom stereocenters. The fraction of sp³-hybridized carbons (Fsp3) is 0.722. The standard InChI is InChI=1S/C18H29N5O5S/c1-2-28-18(25)22-10-6-15(7-11-22)20-16(24)12-21-13-17(19-14-21)29(26,27)23-8-4-3-5-9-23/h13-15H,2-12H2,1H3,(H,20,24). The quantitative estimate of drug-likeness (QED) is 0.718. The topological polar surface area (TPSA) is 114 Å². The van der Waals surface area contributed by atoms with Gasteiger partial charge >= 0.3 is 6.09 Å². The van der Waals surface area contributed by atoms with Crippen LogP contribution in [0.5, 0.6) is 0 Å². The maximum atomic E-state index is 12.6. The number of hydrogen-bond acceptors (Lipinski definition) is 6. The molecule has 2 saturated heterocycles. The third kappa shape index (κ3) is 5.47. The Morgan fingerprint density at radius 3 is 2.52 bits per heavy atom. The molecule has 1 aromatic rings. The van der Waals surface area contributed by atoms with Crippen molar-refractivity contribution in [1.29, 1.82) is 0 Å². The second kappa shape index (κ2) is 9.57. The van der Waals surface area contributed by atoms with Gasteiger partial charge in [0.25, 0.3) is 10.0 Å². The molecule has 2 fully saturated rings. The van der Waals surface area contributed by atoms with Crippen molar-refractivity contribution in [3.05, 3.63) is 12.5 Å². The van der Waals surface area contributed by atoms with Crippen molar-refractivity contribution in [2.75, 3.05) is 32.8 Å². The smallest absolute Gasteiger partial charge is 0.409 e. The van der Waals surface area contributed by atoms with Crippen LogP contribution in [0.25, 0.3) is 0 Å². The molecule has 2 aliphatic rings. The van der Waals surface area contributed by atoms with Crippen LogP contribution in [0.1, 0.15) is 39.0 Å². The maximum Gasteiger partial charge on any atom is 0.409 e. The molecule has 162 valence electrons. The molecular formula is C18H29N5O5S. The molecule has 3 heterocycles. The number of nitrogens with one attached hydrogen (secondary N) is 1. The molecule has 0 aliphatic carbocycles. The molecule has 1 N–H and O–H groups in total. The highest BCUT2D eigenvalue weighted by Gasteiger charge is 2.28.